The Morgan fingerprint density at radius 2 is 1.96 bits per heavy atom. The Hall–Kier alpha value is -3.06. The summed E-state index contributed by atoms with van der Waals surface area (Å²) in [5.74, 6) is -0.595. The van der Waals surface area contributed by atoms with Crippen molar-refractivity contribution in [3.63, 3.8) is 0 Å². The molecule has 1 aliphatic rings. The zero-order chi connectivity index (χ0) is 17.3. The van der Waals surface area contributed by atoms with Crippen LogP contribution in [0.2, 0.25) is 0 Å². The molecule has 2 aromatic carbocycles. The minimum Gasteiger partial charge on any atom is -0.365 e. The van der Waals surface area contributed by atoms with Gasteiger partial charge in [-0.1, -0.05) is 36.4 Å². The van der Waals surface area contributed by atoms with Gasteiger partial charge >= 0.3 is 0 Å². The summed E-state index contributed by atoms with van der Waals surface area (Å²) in [6, 6.07) is 14.1. The molecule has 7 nitrogen and oxygen atoms in total. The van der Waals surface area contributed by atoms with Crippen molar-refractivity contribution < 1.29 is 14.8 Å². The Labute approximate surface area is 138 Å². The van der Waals surface area contributed by atoms with Gasteiger partial charge < -0.3 is 5.11 Å². The van der Waals surface area contributed by atoms with Gasteiger partial charge in [-0.25, -0.2) is 0 Å². The number of rotatable bonds is 3. The summed E-state index contributed by atoms with van der Waals surface area (Å²) in [5.41, 5.74) is -0.571. The lowest BCUT2D eigenvalue weighted by Gasteiger charge is -2.31. The molecule has 2 aromatic rings. The lowest BCUT2D eigenvalue weighted by Crippen LogP contribution is -2.43. The van der Waals surface area contributed by atoms with E-state index in [-0.39, 0.29) is 17.7 Å². The second-order valence-corrected chi connectivity index (χ2v) is 5.62. The van der Waals surface area contributed by atoms with Crippen LogP contribution in [0.4, 0.5) is 5.69 Å². The third-order valence-corrected chi connectivity index (χ3v) is 3.86. The van der Waals surface area contributed by atoms with Crippen molar-refractivity contribution in [2.75, 3.05) is 0 Å². The van der Waals surface area contributed by atoms with Crippen molar-refractivity contribution >= 4 is 17.3 Å². The molecule has 0 spiro atoms. The van der Waals surface area contributed by atoms with Gasteiger partial charge in [0, 0.05) is 35.4 Å². The number of aliphatic hydroxyl groups is 1. The maximum Gasteiger partial charge on any atom is 0.277 e. The molecule has 1 amide bonds. The van der Waals surface area contributed by atoms with E-state index in [1.807, 2.05) is 6.07 Å². The fourth-order valence-electron chi connectivity index (χ4n) is 2.74. The van der Waals surface area contributed by atoms with Crippen LogP contribution < -0.4 is 0 Å². The lowest BCUT2D eigenvalue weighted by atomic mass is 9.97. The highest BCUT2D eigenvalue weighted by atomic mass is 16.6. The fraction of sp³-hybridized carbons (Fsp3) is 0.176. The van der Waals surface area contributed by atoms with Crippen LogP contribution in [0.25, 0.3) is 0 Å². The number of nitro groups is 1. The van der Waals surface area contributed by atoms with Crippen LogP contribution in [0.3, 0.4) is 0 Å². The van der Waals surface area contributed by atoms with E-state index in [1.165, 1.54) is 24.3 Å². The largest absolute Gasteiger partial charge is 0.365 e. The van der Waals surface area contributed by atoms with Crippen molar-refractivity contribution in [1.82, 2.24) is 5.01 Å². The minimum atomic E-state index is -1.60. The molecule has 7 heteroatoms. The summed E-state index contributed by atoms with van der Waals surface area (Å²) in [5, 5.41) is 27.1. The van der Waals surface area contributed by atoms with E-state index in [1.54, 1.807) is 31.2 Å². The second kappa shape index (κ2) is 5.86. The molecule has 0 aliphatic carbocycles. The first-order chi connectivity index (χ1) is 11.4. The molecule has 0 aromatic heterocycles. The SMILES string of the molecule is CC1=NN(C(=O)c2cccc([N+](=O)[O-])c2)C(O)(c2ccccc2)C1. The first kappa shape index (κ1) is 15.8. The number of non-ortho nitro benzene ring substituents is 1. The van der Waals surface area contributed by atoms with Crippen molar-refractivity contribution in [1.29, 1.82) is 0 Å². The van der Waals surface area contributed by atoms with Crippen molar-refractivity contribution in [2.24, 2.45) is 5.10 Å². The molecule has 0 fully saturated rings. The molecule has 1 atom stereocenters. The number of hydrogen-bond donors (Lipinski definition) is 1. The minimum absolute atomic E-state index is 0.0945. The Bertz CT molecular complexity index is 835. The lowest BCUT2D eigenvalue weighted by molar-refractivity contribution is -0.384. The number of nitro benzene ring substituents is 1. The summed E-state index contributed by atoms with van der Waals surface area (Å²) < 4.78 is 0. The van der Waals surface area contributed by atoms with E-state index in [9.17, 15) is 20.0 Å². The van der Waals surface area contributed by atoms with E-state index in [4.69, 9.17) is 0 Å². The number of benzene rings is 2. The monoisotopic (exact) mass is 325 g/mol. The average Bonchev–Trinajstić information content (AvgIpc) is 2.91. The summed E-state index contributed by atoms with van der Waals surface area (Å²) in [6.45, 7) is 1.72. The number of nitrogens with zero attached hydrogens (tertiary/aromatic N) is 3. The average molecular weight is 325 g/mol. The van der Waals surface area contributed by atoms with Crippen LogP contribution >= 0.6 is 0 Å². The van der Waals surface area contributed by atoms with Gasteiger partial charge in [0.1, 0.15) is 0 Å². The quantitative estimate of drug-likeness (QED) is 0.693. The number of carbonyl (C=O) groups is 1. The van der Waals surface area contributed by atoms with Gasteiger partial charge in [0.15, 0.2) is 5.72 Å². The smallest absolute Gasteiger partial charge is 0.277 e. The Balaban J connectivity index is 2.01. The molecule has 1 N–H and O–H groups in total. The van der Waals surface area contributed by atoms with E-state index in [0.29, 0.717) is 11.3 Å². The number of hydrogen-bond acceptors (Lipinski definition) is 5. The zero-order valence-corrected chi connectivity index (χ0v) is 12.9. The van der Waals surface area contributed by atoms with Gasteiger partial charge in [0.2, 0.25) is 0 Å². The van der Waals surface area contributed by atoms with Gasteiger partial charge in [0.25, 0.3) is 11.6 Å². The summed E-state index contributed by atoms with van der Waals surface area (Å²) in [4.78, 5) is 23.1. The topological polar surface area (TPSA) is 96.0 Å². The predicted octanol–water partition coefficient (Wildman–Crippen LogP) is 2.66. The van der Waals surface area contributed by atoms with Gasteiger partial charge in [-0.3, -0.25) is 14.9 Å². The van der Waals surface area contributed by atoms with Gasteiger partial charge in [-0.05, 0) is 13.0 Å². The molecule has 0 saturated heterocycles. The van der Waals surface area contributed by atoms with E-state index in [0.717, 1.165) is 5.01 Å². The normalized spacial score (nSPS) is 19.9. The van der Waals surface area contributed by atoms with Gasteiger partial charge in [-0.2, -0.15) is 10.1 Å². The Morgan fingerprint density at radius 3 is 2.62 bits per heavy atom. The van der Waals surface area contributed by atoms with Crippen LogP contribution in [-0.2, 0) is 5.72 Å². The first-order valence-electron chi connectivity index (χ1n) is 7.33. The predicted molar refractivity (Wildman–Crippen MR) is 87.3 cm³/mol. The number of hydrazone groups is 1. The molecular weight excluding hydrogens is 310 g/mol. The summed E-state index contributed by atoms with van der Waals surface area (Å²) in [6.07, 6.45) is 0.178. The molecule has 0 bridgehead atoms. The summed E-state index contributed by atoms with van der Waals surface area (Å²) in [7, 11) is 0. The molecule has 122 valence electrons. The van der Waals surface area contributed by atoms with Crippen LogP contribution in [0.5, 0.6) is 0 Å². The van der Waals surface area contributed by atoms with Crippen molar-refractivity contribution in [3.8, 4) is 0 Å². The Morgan fingerprint density at radius 1 is 1.25 bits per heavy atom. The fourth-order valence-corrected chi connectivity index (χ4v) is 2.74. The van der Waals surface area contributed by atoms with Crippen LogP contribution in [0, 0.1) is 10.1 Å². The summed E-state index contributed by atoms with van der Waals surface area (Å²) >= 11 is 0. The zero-order valence-electron chi connectivity index (χ0n) is 12.9. The maximum atomic E-state index is 12.8. The van der Waals surface area contributed by atoms with E-state index >= 15 is 0 Å². The van der Waals surface area contributed by atoms with Crippen molar-refractivity contribution in [2.45, 2.75) is 19.1 Å². The molecular formula is C17H15N3O4. The highest BCUT2D eigenvalue weighted by molar-refractivity contribution is 5.98. The third-order valence-electron chi connectivity index (χ3n) is 3.86. The molecule has 1 unspecified atom stereocenters. The highest BCUT2D eigenvalue weighted by Gasteiger charge is 2.45. The molecule has 24 heavy (non-hydrogen) atoms. The van der Waals surface area contributed by atoms with Crippen LogP contribution in [0.1, 0.15) is 29.3 Å². The molecule has 3 rings (SSSR count). The van der Waals surface area contributed by atoms with Gasteiger partial charge in [-0.15, -0.1) is 0 Å². The van der Waals surface area contributed by atoms with E-state index in [2.05, 4.69) is 5.10 Å². The number of carbonyl (C=O) groups excluding carboxylic acids is 1. The molecule has 1 heterocycles. The van der Waals surface area contributed by atoms with Crippen LogP contribution in [0.15, 0.2) is 59.7 Å². The third kappa shape index (κ3) is 2.65. The number of amides is 1. The molecule has 0 saturated carbocycles. The molecule has 0 radical (unpaired) electrons. The second-order valence-electron chi connectivity index (χ2n) is 5.62. The Kier molecular flexibility index (Phi) is 3.86. The first-order valence-corrected chi connectivity index (χ1v) is 7.33. The van der Waals surface area contributed by atoms with Gasteiger partial charge in [0.05, 0.1) is 4.92 Å². The maximum absolute atomic E-state index is 12.8. The van der Waals surface area contributed by atoms with Crippen molar-refractivity contribution in [3.05, 3.63) is 75.8 Å². The highest BCUT2D eigenvalue weighted by Crippen LogP contribution is 2.36. The van der Waals surface area contributed by atoms with E-state index < -0.39 is 16.6 Å². The van der Waals surface area contributed by atoms with Crippen LogP contribution in [-0.4, -0.2) is 26.7 Å². The standard InChI is InChI=1S/C17H15N3O4/c1-12-11-17(22,14-7-3-2-4-8-14)19(18-12)16(21)13-6-5-9-15(10-13)20(23)24/h2-10,22H,11H2,1H3. The molecule has 1 aliphatic heterocycles.